The van der Waals surface area contributed by atoms with Crippen molar-refractivity contribution in [2.45, 2.75) is 0 Å². The van der Waals surface area contributed by atoms with Crippen molar-refractivity contribution in [3.05, 3.63) is 33.6 Å². The molecule has 0 bridgehead atoms. The Hall–Kier alpha value is -0.940. The lowest BCUT2D eigenvalue weighted by Gasteiger charge is -1.89. The Morgan fingerprint density at radius 2 is 2.00 bits per heavy atom. The normalized spacial score (nSPS) is 11.3. The van der Waals surface area contributed by atoms with Crippen molar-refractivity contribution in [1.82, 2.24) is 9.97 Å². The average Bonchev–Trinajstić information content (AvgIpc) is 2.53. The van der Waals surface area contributed by atoms with Gasteiger partial charge in [-0.2, -0.15) is 4.98 Å². The van der Waals surface area contributed by atoms with Gasteiger partial charge in [0.15, 0.2) is 4.73 Å². The van der Waals surface area contributed by atoms with E-state index >= 15 is 0 Å². The molecular weight excluding hydrogens is 324 g/mol. The molecule has 2 heterocycles. The summed E-state index contributed by atoms with van der Waals surface area (Å²) in [7, 11) is 0. The van der Waals surface area contributed by atoms with Crippen molar-refractivity contribution >= 4 is 53.9 Å². The third kappa shape index (κ3) is 1.46. The Morgan fingerprint density at radius 3 is 2.87 bits per heavy atom. The molecule has 3 rings (SSSR count). The highest BCUT2D eigenvalue weighted by Crippen LogP contribution is 2.29. The maximum absolute atomic E-state index is 5.60. The van der Waals surface area contributed by atoms with Gasteiger partial charge in [-0.3, -0.25) is 0 Å². The molecule has 0 spiro atoms. The fraction of sp³-hybridized carbons (Fsp3) is 0. The molecule has 0 atom stereocenters. The quantitative estimate of drug-likeness (QED) is 0.588. The molecule has 3 nitrogen and oxygen atoms in total. The van der Waals surface area contributed by atoms with Crippen molar-refractivity contribution in [1.29, 1.82) is 0 Å². The van der Waals surface area contributed by atoms with Crippen LogP contribution in [0.3, 0.4) is 0 Å². The maximum Gasteiger partial charge on any atom is 0.231 e. The third-order valence-corrected chi connectivity index (χ3v) is 3.04. The van der Waals surface area contributed by atoms with Crippen LogP contribution >= 0.6 is 31.9 Å². The molecule has 5 heteroatoms. The SMILES string of the molecule is Brc1ccc2c(c1)oc1nc(Br)ncc12. The first-order chi connectivity index (χ1) is 7.24. The summed E-state index contributed by atoms with van der Waals surface area (Å²) in [6, 6.07) is 5.88. The Bertz CT molecular complexity index is 607. The van der Waals surface area contributed by atoms with Gasteiger partial charge in [0.2, 0.25) is 5.71 Å². The highest BCUT2D eigenvalue weighted by Gasteiger charge is 2.08. The molecule has 0 N–H and O–H groups in total. The van der Waals surface area contributed by atoms with Crippen LogP contribution in [0.5, 0.6) is 0 Å². The number of nitrogens with zero attached hydrogens (tertiary/aromatic N) is 2. The van der Waals surface area contributed by atoms with E-state index in [-0.39, 0.29) is 0 Å². The van der Waals surface area contributed by atoms with E-state index in [9.17, 15) is 0 Å². The van der Waals surface area contributed by atoms with Gasteiger partial charge in [-0.25, -0.2) is 4.98 Å². The summed E-state index contributed by atoms with van der Waals surface area (Å²) in [6.45, 7) is 0. The topological polar surface area (TPSA) is 38.9 Å². The molecule has 74 valence electrons. The van der Waals surface area contributed by atoms with Crippen LogP contribution in [0.4, 0.5) is 0 Å². The van der Waals surface area contributed by atoms with Crippen molar-refractivity contribution in [3.8, 4) is 0 Å². The first kappa shape index (κ1) is 9.30. The van der Waals surface area contributed by atoms with Crippen LogP contribution in [-0.4, -0.2) is 9.97 Å². The largest absolute Gasteiger partial charge is 0.438 e. The number of rotatable bonds is 0. The summed E-state index contributed by atoms with van der Waals surface area (Å²) in [6.07, 6.45) is 1.76. The summed E-state index contributed by atoms with van der Waals surface area (Å²) in [5.74, 6) is 0. The fourth-order valence-electron chi connectivity index (χ4n) is 1.52. The number of hydrogen-bond acceptors (Lipinski definition) is 3. The zero-order chi connectivity index (χ0) is 10.4. The predicted octanol–water partition coefficient (Wildman–Crippen LogP) is 3.90. The highest BCUT2D eigenvalue weighted by molar-refractivity contribution is 9.10. The Balaban J connectivity index is 2.51. The summed E-state index contributed by atoms with van der Waals surface area (Å²) in [5, 5.41) is 1.96. The summed E-state index contributed by atoms with van der Waals surface area (Å²) in [4.78, 5) is 8.25. The van der Waals surface area contributed by atoms with Gasteiger partial charge in [-0.1, -0.05) is 15.9 Å². The van der Waals surface area contributed by atoms with E-state index in [1.54, 1.807) is 6.20 Å². The summed E-state index contributed by atoms with van der Waals surface area (Å²) >= 11 is 6.61. The predicted molar refractivity (Wildman–Crippen MR) is 64.7 cm³/mol. The molecule has 0 radical (unpaired) electrons. The minimum atomic E-state index is 0.535. The van der Waals surface area contributed by atoms with E-state index in [1.807, 2.05) is 18.2 Å². The lowest BCUT2D eigenvalue weighted by molar-refractivity contribution is 0.651. The standard InChI is InChI=1S/C10H4Br2N2O/c11-5-1-2-6-7-4-13-10(12)14-9(7)15-8(6)3-5/h1-4H. The van der Waals surface area contributed by atoms with Crippen LogP contribution < -0.4 is 0 Å². The van der Waals surface area contributed by atoms with Crippen LogP contribution in [0.25, 0.3) is 22.1 Å². The molecule has 15 heavy (non-hydrogen) atoms. The Kier molecular flexibility index (Phi) is 2.03. The fourth-order valence-corrected chi connectivity index (χ4v) is 2.12. The molecule has 0 saturated heterocycles. The smallest absolute Gasteiger partial charge is 0.231 e. The summed E-state index contributed by atoms with van der Waals surface area (Å²) < 4.78 is 7.13. The zero-order valence-electron chi connectivity index (χ0n) is 7.37. The van der Waals surface area contributed by atoms with E-state index in [0.717, 1.165) is 20.8 Å². The molecule has 0 aliphatic rings. The van der Waals surface area contributed by atoms with Crippen molar-refractivity contribution in [2.24, 2.45) is 0 Å². The lowest BCUT2D eigenvalue weighted by atomic mass is 10.2. The number of furan rings is 1. The molecule has 1 aromatic carbocycles. The molecule has 2 aromatic heterocycles. The van der Waals surface area contributed by atoms with Gasteiger partial charge < -0.3 is 4.42 Å². The van der Waals surface area contributed by atoms with Crippen LogP contribution in [0.2, 0.25) is 0 Å². The Morgan fingerprint density at radius 1 is 1.13 bits per heavy atom. The number of hydrogen-bond donors (Lipinski definition) is 0. The molecule has 0 aliphatic heterocycles. The second kappa shape index (κ2) is 3.28. The third-order valence-electron chi connectivity index (χ3n) is 2.16. The molecule has 3 aromatic rings. The van der Waals surface area contributed by atoms with Gasteiger partial charge in [0.1, 0.15) is 5.58 Å². The zero-order valence-corrected chi connectivity index (χ0v) is 10.5. The first-order valence-corrected chi connectivity index (χ1v) is 5.83. The van der Waals surface area contributed by atoms with Crippen LogP contribution in [0, 0.1) is 0 Å². The minimum absolute atomic E-state index is 0.535. The molecular formula is C10H4Br2N2O. The minimum Gasteiger partial charge on any atom is -0.438 e. The maximum atomic E-state index is 5.60. The van der Waals surface area contributed by atoms with Crippen molar-refractivity contribution in [3.63, 3.8) is 0 Å². The first-order valence-electron chi connectivity index (χ1n) is 4.24. The van der Waals surface area contributed by atoms with Gasteiger partial charge in [-0.05, 0) is 34.1 Å². The van der Waals surface area contributed by atoms with Gasteiger partial charge in [0, 0.05) is 16.1 Å². The van der Waals surface area contributed by atoms with E-state index in [2.05, 4.69) is 41.8 Å². The van der Waals surface area contributed by atoms with E-state index < -0.39 is 0 Å². The Labute approximate surface area is 102 Å². The summed E-state index contributed by atoms with van der Waals surface area (Å²) in [5.41, 5.74) is 1.41. The number of benzene rings is 1. The average molecular weight is 328 g/mol. The number of aromatic nitrogens is 2. The second-order valence-electron chi connectivity index (χ2n) is 3.10. The highest BCUT2D eigenvalue weighted by atomic mass is 79.9. The molecule has 0 amide bonds. The van der Waals surface area contributed by atoms with Gasteiger partial charge in [0.05, 0.1) is 5.39 Å². The lowest BCUT2D eigenvalue weighted by Crippen LogP contribution is -1.79. The van der Waals surface area contributed by atoms with Gasteiger partial charge >= 0.3 is 0 Å². The molecule has 0 fully saturated rings. The van der Waals surface area contributed by atoms with Crippen molar-refractivity contribution in [2.75, 3.05) is 0 Å². The number of fused-ring (bicyclic) bond motifs is 3. The van der Waals surface area contributed by atoms with Crippen LogP contribution in [0.15, 0.2) is 38.0 Å². The van der Waals surface area contributed by atoms with E-state index in [1.165, 1.54) is 0 Å². The number of halogens is 2. The second-order valence-corrected chi connectivity index (χ2v) is 4.73. The van der Waals surface area contributed by atoms with Crippen LogP contribution in [0.1, 0.15) is 0 Å². The van der Waals surface area contributed by atoms with E-state index in [0.29, 0.717) is 10.4 Å². The van der Waals surface area contributed by atoms with Crippen LogP contribution in [-0.2, 0) is 0 Å². The molecule has 0 aliphatic carbocycles. The molecule has 0 unspecified atom stereocenters. The van der Waals surface area contributed by atoms with E-state index in [4.69, 9.17) is 4.42 Å². The van der Waals surface area contributed by atoms with Crippen molar-refractivity contribution < 1.29 is 4.42 Å². The van der Waals surface area contributed by atoms with Gasteiger partial charge in [-0.15, -0.1) is 0 Å². The van der Waals surface area contributed by atoms with Gasteiger partial charge in [0.25, 0.3) is 0 Å². The monoisotopic (exact) mass is 326 g/mol. The molecule has 0 saturated carbocycles.